The van der Waals surface area contributed by atoms with Crippen molar-refractivity contribution >= 4 is 27.2 Å². The van der Waals surface area contributed by atoms with E-state index in [1.165, 1.54) is 40.7 Å². The Labute approximate surface area is 162 Å². The van der Waals surface area contributed by atoms with Gasteiger partial charge in [-0.3, -0.25) is 0 Å². The van der Waals surface area contributed by atoms with Gasteiger partial charge in [-0.2, -0.15) is 0 Å². The van der Waals surface area contributed by atoms with Crippen molar-refractivity contribution in [2.24, 2.45) is 5.92 Å². The summed E-state index contributed by atoms with van der Waals surface area (Å²) in [5, 5.41) is 6.07. The first kappa shape index (κ1) is 15.8. The van der Waals surface area contributed by atoms with Gasteiger partial charge in [-0.1, -0.05) is 43.7 Å². The van der Waals surface area contributed by atoms with Crippen LogP contribution in [0.25, 0.3) is 15.9 Å². The minimum atomic E-state index is 0.446. The van der Waals surface area contributed by atoms with Crippen molar-refractivity contribution in [2.75, 3.05) is 0 Å². The summed E-state index contributed by atoms with van der Waals surface area (Å²) in [6.45, 7) is 2.31. The molecule has 4 aromatic rings. The number of aryl methyl sites for hydroxylation is 1. The van der Waals surface area contributed by atoms with Gasteiger partial charge < -0.3 is 0 Å². The molecule has 3 atom stereocenters. The Hall–Kier alpha value is -2.27. The fraction of sp³-hybridized carbons (Fsp3) is 0.409. The second-order valence-electron chi connectivity index (χ2n) is 8.04. The van der Waals surface area contributed by atoms with Crippen LogP contribution in [0.3, 0.4) is 0 Å². The lowest BCUT2D eigenvalue weighted by molar-refractivity contribution is 0.451. The molecule has 2 aliphatic carbocycles. The molecule has 0 bridgehead atoms. The first-order valence-electron chi connectivity index (χ1n) is 10.0. The lowest BCUT2D eigenvalue weighted by Gasteiger charge is -2.20. The van der Waals surface area contributed by atoms with E-state index in [4.69, 9.17) is 15.1 Å². The van der Waals surface area contributed by atoms with Gasteiger partial charge in [0.2, 0.25) is 0 Å². The minimum Gasteiger partial charge on any atom is -0.225 e. The zero-order chi connectivity index (χ0) is 18.0. The van der Waals surface area contributed by atoms with Crippen molar-refractivity contribution in [3.05, 3.63) is 58.5 Å². The zero-order valence-corrected chi connectivity index (χ0v) is 16.2. The Morgan fingerprint density at radius 3 is 2.93 bits per heavy atom. The minimum absolute atomic E-state index is 0.446. The fourth-order valence-corrected chi connectivity index (χ4v) is 6.01. The number of benzene rings is 1. The smallest absolute Gasteiger partial charge is 0.167 e. The standard InChI is InChI=1S/C22H22N4S/c1-2-13-8-9-15-18(10-13)27-22-19(15)21-24-20(25-26(21)12-23-22)17-11-16(17)14-6-4-3-5-7-14/h3-7,12-13,16-17H,2,8-11H2,1H3/t13-,16+,17+/m1/s1. The van der Waals surface area contributed by atoms with Crippen LogP contribution in [-0.4, -0.2) is 19.6 Å². The lowest BCUT2D eigenvalue weighted by atomic mass is 9.86. The molecule has 1 saturated carbocycles. The molecule has 27 heavy (non-hydrogen) atoms. The molecule has 3 heterocycles. The van der Waals surface area contributed by atoms with Gasteiger partial charge in [0.15, 0.2) is 11.5 Å². The second-order valence-corrected chi connectivity index (χ2v) is 9.13. The van der Waals surface area contributed by atoms with E-state index in [1.54, 1.807) is 0 Å². The summed E-state index contributed by atoms with van der Waals surface area (Å²) >= 11 is 1.87. The van der Waals surface area contributed by atoms with Crippen molar-refractivity contribution < 1.29 is 0 Å². The molecule has 4 nitrogen and oxygen atoms in total. The largest absolute Gasteiger partial charge is 0.225 e. The third kappa shape index (κ3) is 2.44. The van der Waals surface area contributed by atoms with Crippen LogP contribution in [0.2, 0.25) is 0 Å². The first-order valence-corrected chi connectivity index (χ1v) is 10.8. The van der Waals surface area contributed by atoms with Crippen LogP contribution < -0.4 is 0 Å². The van der Waals surface area contributed by atoms with E-state index in [0.717, 1.165) is 35.1 Å². The molecule has 3 aromatic heterocycles. The van der Waals surface area contributed by atoms with E-state index in [1.807, 2.05) is 22.2 Å². The molecule has 1 aromatic carbocycles. The van der Waals surface area contributed by atoms with Gasteiger partial charge in [0.05, 0.1) is 5.39 Å². The predicted molar refractivity (Wildman–Crippen MR) is 109 cm³/mol. The molecule has 0 spiro atoms. The Balaban J connectivity index is 1.42. The topological polar surface area (TPSA) is 43.1 Å². The summed E-state index contributed by atoms with van der Waals surface area (Å²) in [4.78, 5) is 12.4. The summed E-state index contributed by atoms with van der Waals surface area (Å²) < 4.78 is 1.91. The molecule has 6 rings (SSSR count). The van der Waals surface area contributed by atoms with Crippen LogP contribution in [0.5, 0.6) is 0 Å². The predicted octanol–water partition coefficient (Wildman–Crippen LogP) is 5.13. The molecule has 2 aliphatic rings. The van der Waals surface area contributed by atoms with Gasteiger partial charge >= 0.3 is 0 Å². The van der Waals surface area contributed by atoms with Crippen molar-refractivity contribution in [1.82, 2.24) is 19.6 Å². The van der Waals surface area contributed by atoms with Crippen molar-refractivity contribution in [1.29, 1.82) is 0 Å². The van der Waals surface area contributed by atoms with E-state index < -0.39 is 0 Å². The average molecular weight is 375 g/mol. The molecule has 136 valence electrons. The number of aromatic nitrogens is 4. The van der Waals surface area contributed by atoms with E-state index in [9.17, 15) is 0 Å². The zero-order valence-electron chi connectivity index (χ0n) is 15.4. The van der Waals surface area contributed by atoms with E-state index in [0.29, 0.717) is 11.8 Å². The highest BCUT2D eigenvalue weighted by atomic mass is 32.1. The van der Waals surface area contributed by atoms with E-state index in [2.05, 4.69) is 37.3 Å². The van der Waals surface area contributed by atoms with E-state index in [-0.39, 0.29) is 0 Å². The summed E-state index contributed by atoms with van der Waals surface area (Å²) in [6.07, 6.45) is 7.93. The first-order chi connectivity index (χ1) is 13.3. The normalized spacial score (nSPS) is 24.4. The Morgan fingerprint density at radius 2 is 2.07 bits per heavy atom. The number of thiophene rings is 1. The highest BCUT2D eigenvalue weighted by molar-refractivity contribution is 7.19. The van der Waals surface area contributed by atoms with Crippen LogP contribution in [0, 0.1) is 5.92 Å². The SMILES string of the molecule is CC[C@@H]1CCc2c(sc3ncn4nc([C@H]5C[C@H]5c5ccccc5)nc4c23)C1. The molecule has 0 unspecified atom stereocenters. The Bertz CT molecular complexity index is 1140. The maximum absolute atomic E-state index is 5.02. The van der Waals surface area contributed by atoms with Gasteiger partial charge in [-0.05, 0) is 48.6 Å². The number of nitrogens with zero attached hydrogens (tertiary/aromatic N) is 4. The van der Waals surface area contributed by atoms with Gasteiger partial charge in [0.1, 0.15) is 11.2 Å². The van der Waals surface area contributed by atoms with Crippen LogP contribution in [-0.2, 0) is 12.8 Å². The second kappa shape index (κ2) is 5.86. The quantitative estimate of drug-likeness (QED) is 0.499. The fourth-order valence-electron chi connectivity index (χ4n) is 4.71. The highest BCUT2D eigenvalue weighted by Crippen LogP contribution is 2.53. The van der Waals surface area contributed by atoms with Gasteiger partial charge in [-0.25, -0.2) is 14.5 Å². The molecule has 0 N–H and O–H groups in total. The van der Waals surface area contributed by atoms with Crippen molar-refractivity contribution in [3.8, 4) is 0 Å². The molecular formula is C22H22N4S. The number of rotatable bonds is 3. The summed E-state index contributed by atoms with van der Waals surface area (Å²) in [7, 11) is 0. The van der Waals surface area contributed by atoms with Crippen LogP contribution in [0.1, 0.15) is 59.9 Å². The lowest BCUT2D eigenvalue weighted by Crippen LogP contribution is -2.11. The molecule has 0 aliphatic heterocycles. The molecular weight excluding hydrogens is 352 g/mol. The Morgan fingerprint density at radius 1 is 1.19 bits per heavy atom. The van der Waals surface area contributed by atoms with Crippen LogP contribution in [0.4, 0.5) is 0 Å². The number of fused-ring (bicyclic) bond motifs is 5. The summed E-state index contributed by atoms with van der Waals surface area (Å²) in [6, 6.07) is 10.8. The number of hydrogen-bond acceptors (Lipinski definition) is 4. The summed E-state index contributed by atoms with van der Waals surface area (Å²) in [5.41, 5.74) is 3.91. The Kier molecular flexibility index (Phi) is 3.42. The van der Waals surface area contributed by atoms with E-state index >= 15 is 0 Å². The third-order valence-corrected chi connectivity index (χ3v) is 7.59. The van der Waals surface area contributed by atoms with Crippen molar-refractivity contribution in [3.63, 3.8) is 0 Å². The average Bonchev–Trinajstić information content (AvgIpc) is 3.25. The molecule has 0 radical (unpaired) electrons. The van der Waals surface area contributed by atoms with Crippen LogP contribution in [0.15, 0.2) is 36.7 Å². The van der Waals surface area contributed by atoms with Gasteiger partial charge in [0, 0.05) is 10.8 Å². The third-order valence-electron chi connectivity index (χ3n) is 6.43. The molecule has 0 amide bonds. The maximum Gasteiger partial charge on any atom is 0.167 e. The highest BCUT2D eigenvalue weighted by Gasteiger charge is 2.42. The molecule has 0 saturated heterocycles. The van der Waals surface area contributed by atoms with Crippen LogP contribution >= 0.6 is 11.3 Å². The number of hydrogen-bond donors (Lipinski definition) is 0. The van der Waals surface area contributed by atoms with Gasteiger partial charge in [0.25, 0.3) is 0 Å². The van der Waals surface area contributed by atoms with Crippen molar-refractivity contribution in [2.45, 2.75) is 50.9 Å². The summed E-state index contributed by atoms with van der Waals surface area (Å²) in [5.74, 6) is 2.82. The maximum atomic E-state index is 5.02. The molecule has 5 heteroatoms. The monoisotopic (exact) mass is 374 g/mol. The molecule has 1 fully saturated rings. The van der Waals surface area contributed by atoms with Gasteiger partial charge in [-0.15, -0.1) is 16.4 Å².